The molecule has 60 valence electrons. The first-order valence-corrected chi connectivity index (χ1v) is 3.40. The lowest BCUT2D eigenvalue weighted by atomic mass is 10.7. The zero-order valence-electron chi connectivity index (χ0n) is 5.08. The van der Waals surface area contributed by atoms with Crippen LogP contribution in [0.15, 0.2) is 0 Å². The van der Waals surface area contributed by atoms with E-state index in [0.717, 1.165) is 0 Å². The molecule has 6 nitrogen and oxygen atoms in total. The number of hydrogen-bond acceptors (Lipinski definition) is 4. The van der Waals surface area contributed by atoms with Crippen molar-refractivity contribution in [2.24, 2.45) is 0 Å². The maximum atomic E-state index is 10.7. The summed E-state index contributed by atoms with van der Waals surface area (Å²) in [6, 6.07) is 0. The number of nitrogens with one attached hydrogen (secondary N) is 2. The van der Waals surface area contributed by atoms with Crippen molar-refractivity contribution >= 4 is 35.1 Å². The summed E-state index contributed by atoms with van der Waals surface area (Å²) >= 11 is 10.4. The summed E-state index contributed by atoms with van der Waals surface area (Å²) in [5, 5.41) is 14.4. The second kappa shape index (κ2) is 3.49. The number of carbonyl (C=O) groups excluding carboxylic acids is 1. The van der Waals surface area contributed by atoms with Gasteiger partial charge in [0.2, 0.25) is 0 Å². The van der Waals surface area contributed by atoms with E-state index in [4.69, 9.17) is 23.2 Å². The van der Waals surface area contributed by atoms with Crippen LogP contribution in [-0.2, 0) is 4.79 Å². The van der Waals surface area contributed by atoms with Gasteiger partial charge in [-0.3, -0.25) is 10.1 Å². The normalized spacial score (nSPS) is 10.1. The fourth-order valence-corrected chi connectivity index (χ4v) is 0.489. The van der Waals surface area contributed by atoms with Crippen LogP contribution in [-0.4, -0.2) is 31.4 Å². The van der Waals surface area contributed by atoms with Gasteiger partial charge >= 0.3 is 0 Å². The highest BCUT2D eigenvalue weighted by Gasteiger charge is 2.12. The van der Waals surface area contributed by atoms with Gasteiger partial charge in [0.15, 0.2) is 4.84 Å². The summed E-state index contributed by atoms with van der Waals surface area (Å²) in [6.45, 7) is 0. The number of nitrogens with zero attached hydrogens (tertiary/aromatic N) is 3. The zero-order chi connectivity index (χ0) is 8.27. The molecular formula is C3H3Cl2N5O. The summed E-state index contributed by atoms with van der Waals surface area (Å²) in [6.07, 6.45) is 0. The van der Waals surface area contributed by atoms with E-state index < -0.39 is 10.7 Å². The van der Waals surface area contributed by atoms with E-state index in [0.29, 0.717) is 0 Å². The molecule has 0 unspecified atom stereocenters. The highest BCUT2D eigenvalue weighted by atomic mass is 35.5. The maximum Gasteiger partial charge on any atom is 0.269 e. The van der Waals surface area contributed by atoms with Gasteiger partial charge in [-0.2, -0.15) is 5.21 Å². The predicted octanol–water partition coefficient (Wildman–Crippen LogP) is -0.0581. The number of rotatable bonds is 2. The van der Waals surface area contributed by atoms with Crippen molar-refractivity contribution in [3.05, 3.63) is 0 Å². The third-order valence-electron chi connectivity index (χ3n) is 0.779. The number of hydrogen-bond donors (Lipinski definition) is 2. The summed E-state index contributed by atoms with van der Waals surface area (Å²) in [7, 11) is 0. The number of alkyl halides is 2. The minimum Gasteiger partial charge on any atom is -0.290 e. The fourth-order valence-electron chi connectivity index (χ4n) is 0.380. The summed E-state index contributed by atoms with van der Waals surface area (Å²) < 4.78 is 0. The lowest BCUT2D eigenvalue weighted by molar-refractivity contribution is -0.114. The van der Waals surface area contributed by atoms with Crippen LogP contribution in [0.1, 0.15) is 0 Å². The molecule has 0 fully saturated rings. The molecule has 1 rings (SSSR count). The maximum absolute atomic E-state index is 10.7. The molecule has 0 aliphatic carbocycles. The molecule has 1 amide bonds. The van der Waals surface area contributed by atoms with Crippen molar-refractivity contribution in [2.45, 2.75) is 4.84 Å². The standard InChI is InChI=1S/C3H3Cl2N5O/c4-1(5)2(11)6-3-7-9-10-8-3/h1H,(H2,6,7,8,9,10,11). The molecule has 0 radical (unpaired) electrons. The molecule has 0 atom stereocenters. The number of halogens is 2. The Morgan fingerprint density at radius 2 is 2.36 bits per heavy atom. The van der Waals surface area contributed by atoms with Gasteiger partial charge in [0, 0.05) is 0 Å². The van der Waals surface area contributed by atoms with E-state index in [1.807, 2.05) is 0 Å². The van der Waals surface area contributed by atoms with Crippen LogP contribution in [0, 0.1) is 0 Å². The molecule has 0 aliphatic rings. The van der Waals surface area contributed by atoms with E-state index in [-0.39, 0.29) is 5.95 Å². The van der Waals surface area contributed by atoms with Crippen molar-refractivity contribution in [3.8, 4) is 0 Å². The van der Waals surface area contributed by atoms with E-state index >= 15 is 0 Å². The number of amides is 1. The Morgan fingerprint density at radius 1 is 1.64 bits per heavy atom. The van der Waals surface area contributed by atoms with Crippen LogP contribution in [0.5, 0.6) is 0 Å². The lowest BCUT2D eigenvalue weighted by Crippen LogP contribution is -2.19. The van der Waals surface area contributed by atoms with Crippen molar-refractivity contribution < 1.29 is 4.79 Å². The number of aromatic amines is 1. The fraction of sp³-hybridized carbons (Fsp3) is 0.333. The van der Waals surface area contributed by atoms with E-state index in [9.17, 15) is 4.79 Å². The Hall–Kier alpha value is -0.880. The second-order valence-electron chi connectivity index (χ2n) is 1.53. The number of anilines is 1. The van der Waals surface area contributed by atoms with Crippen molar-refractivity contribution in [1.29, 1.82) is 0 Å². The Morgan fingerprint density at radius 3 is 2.82 bits per heavy atom. The van der Waals surface area contributed by atoms with Gasteiger partial charge in [-0.1, -0.05) is 28.3 Å². The Bertz CT molecular complexity index is 234. The summed E-state index contributed by atoms with van der Waals surface area (Å²) in [4.78, 5) is 9.58. The van der Waals surface area contributed by atoms with Crippen molar-refractivity contribution in [2.75, 3.05) is 5.32 Å². The first-order chi connectivity index (χ1) is 5.20. The third kappa shape index (κ3) is 2.32. The van der Waals surface area contributed by atoms with Gasteiger partial charge in [-0.25, -0.2) is 0 Å². The molecule has 1 aromatic rings. The van der Waals surface area contributed by atoms with Crippen molar-refractivity contribution in [3.63, 3.8) is 0 Å². The highest BCUT2D eigenvalue weighted by Crippen LogP contribution is 2.03. The smallest absolute Gasteiger partial charge is 0.269 e. The van der Waals surface area contributed by atoms with Crippen molar-refractivity contribution in [1.82, 2.24) is 20.6 Å². The zero-order valence-corrected chi connectivity index (χ0v) is 6.60. The van der Waals surface area contributed by atoms with Crippen LogP contribution in [0.25, 0.3) is 0 Å². The summed E-state index contributed by atoms with van der Waals surface area (Å²) in [5.74, 6) is -0.545. The van der Waals surface area contributed by atoms with E-state index in [1.54, 1.807) is 0 Å². The Balaban J connectivity index is 2.50. The van der Waals surface area contributed by atoms with Crippen LogP contribution >= 0.6 is 23.2 Å². The van der Waals surface area contributed by atoms with Crippen LogP contribution in [0.3, 0.4) is 0 Å². The first kappa shape index (κ1) is 8.22. The molecule has 0 aliphatic heterocycles. The molecule has 2 N–H and O–H groups in total. The Kier molecular flexibility index (Phi) is 2.61. The summed E-state index contributed by atoms with van der Waals surface area (Å²) in [5.41, 5.74) is 0. The number of aromatic nitrogens is 4. The molecule has 11 heavy (non-hydrogen) atoms. The molecule has 1 aromatic heterocycles. The topological polar surface area (TPSA) is 83.6 Å². The molecule has 0 saturated heterocycles. The lowest BCUT2D eigenvalue weighted by Gasteiger charge is -1.97. The highest BCUT2D eigenvalue weighted by molar-refractivity contribution is 6.54. The Labute approximate surface area is 71.3 Å². The van der Waals surface area contributed by atoms with Gasteiger partial charge in [-0.05, 0) is 5.21 Å². The molecule has 1 heterocycles. The van der Waals surface area contributed by atoms with Crippen LogP contribution < -0.4 is 5.32 Å². The SMILES string of the molecule is O=C(Nc1nn[nH]n1)C(Cl)Cl. The average Bonchev–Trinajstić information content (AvgIpc) is 2.39. The number of tetrazole rings is 1. The van der Waals surface area contributed by atoms with Gasteiger partial charge in [-0.15, -0.1) is 5.10 Å². The minimum atomic E-state index is -1.13. The van der Waals surface area contributed by atoms with E-state index in [2.05, 4.69) is 25.9 Å². The van der Waals surface area contributed by atoms with Crippen LogP contribution in [0.4, 0.5) is 5.95 Å². The van der Waals surface area contributed by atoms with Crippen LogP contribution in [0.2, 0.25) is 0 Å². The number of carbonyl (C=O) groups is 1. The molecule has 0 spiro atoms. The van der Waals surface area contributed by atoms with E-state index in [1.165, 1.54) is 0 Å². The van der Waals surface area contributed by atoms with Gasteiger partial charge < -0.3 is 0 Å². The first-order valence-electron chi connectivity index (χ1n) is 2.52. The quantitative estimate of drug-likeness (QED) is 0.649. The molecule has 8 heteroatoms. The largest absolute Gasteiger partial charge is 0.290 e. The number of H-pyrrole nitrogens is 1. The monoisotopic (exact) mass is 195 g/mol. The van der Waals surface area contributed by atoms with Gasteiger partial charge in [0.1, 0.15) is 0 Å². The molecule has 0 bridgehead atoms. The molecule has 0 aromatic carbocycles. The second-order valence-corrected chi connectivity index (χ2v) is 2.62. The predicted molar refractivity (Wildman–Crippen MR) is 38.3 cm³/mol. The molecule has 0 saturated carbocycles. The van der Waals surface area contributed by atoms with Gasteiger partial charge in [0.25, 0.3) is 11.9 Å². The minimum absolute atomic E-state index is 0.0429. The average molecular weight is 196 g/mol. The molecular weight excluding hydrogens is 193 g/mol. The third-order valence-corrected chi connectivity index (χ3v) is 1.17. The van der Waals surface area contributed by atoms with Gasteiger partial charge in [0.05, 0.1) is 0 Å².